The fraction of sp³-hybridized carbons (Fsp3) is 0.300. The first-order chi connectivity index (χ1) is 13.3. The van der Waals surface area contributed by atoms with E-state index >= 15 is 0 Å². The average Bonchev–Trinajstić information content (AvgIpc) is 3.06. The van der Waals surface area contributed by atoms with Gasteiger partial charge in [-0.15, -0.1) is 0 Å². The largest absolute Gasteiger partial charge is 0.376 e. The van der Waals surface area contributed by atoms with Gasteiger partial charge in [0.15, 0.2) is 0 Å². The Bertz CT molecular complexity index is 916. The summed E-state index contributed by atoms with van der Waals surface area (Å²) >= 11 is 0. The molecule has 146 valence electrons. The van der Waals surface area contributed by atoms with Crippen LogP contribution in [0, 0.1) is 17.0 Å². The molecule has 0 fully saturated rings. The fourth-order valence-electron chi connectivity index (χ4n) is 3.40. The summed E-state index contributed by atoms with van der Waals surface area (Å²) in [5, 5.41) is 16.0. The molecule has 0 aromatic heterocycles. The van der Waals surface area contributed by atoms with E-state index < -0.39 is 22.3 Å². The van der Waals surface area contributed by atoms with Gasteiger partial charge in [-0.25, -0.2) is 0 Å². The third kappa shape index (κ3) is 4.01. The molecule has 1 aliphatic rings. The lowest BCUT2D eigenvalue weighted by Crippen LogP contribution is -2.48. The predicted molar refractivity (Wildman–Crippen MR) is 103 cm³/mol. The molecule has 3 rings (SSSR count). The number of nitro groups is 1. The number of hydrogen-bond acceptors (Lipinski definition) is 5. The molecule has 0 heterocycles. The molecular weight excluding hydrogens is 362 g/mol. The second kappa shape index (κ2) is 7.77. The van der Waals surface area contributed by atoms with Crippen LogP contribution in [-0.2, 0) is 27.2 Å². The molecule has 8 heteroatoms. The minimum Gasteiger partial charge on any atom is -0.376 e. The first-order valence-electron chi connectivity index (χ1n) is 8.80. The van der Waals surface area contributed by atoms with Gasteiger partial charge >= 0.3 is 11.8 Å². The van der Waals surface area contributed by atoms with E-state index in [4.69, 9.17) is 4.74 Å². The van der Waals surface area contributed by atoms with Crippen LogP contribution in [0.25, 0.3) is 0 Å². The molecule has 0 saturated heterocycles. The van der Waals surface area contributed by atoms with Gasteiger partial charge in [-0.05, 0) is 29.7 Å². The molecular formula is C20H21N3O5. The van der Waals surface area contributed by atoms with E-state index in [-0.39, 0.29) is 17.9 Å². The first kappa shape index (κ1) is 19.5. The molecule has 2 N–H and O–H groups in total. The van der Waals surface area contributed by atoms with E-state index in [1.165, 1.54) is 12.1 Å². The monoisotopic (exact) mass is 383 g/mol. The Kier molecular flexibility index (Phi) is 5.41. The number of carbonyl (C=O) groups is 2. The molecule has 0 atom stereocenters. The van der Waals surface area contributed by atoms with Gasteiger partial charge in [-0.3, -0.25) is 19.7 Å². The molecule has 2 amide bonds. The predicted octanol–water partition coefficient (Wildman–Crippen LogP) is 2.14. The number of anilines is 1. The van der Waals surface area contributed by atoms with Gasteiger partial charge in [0.05, 0.1) is 10.5 Å². The van der Waals surface area contributed by atoms with Crippen molar-refractivity contribution in [3.63, 3.8) is 0 Å². The number of carbonyl (C=O) groups excluding carboxylic acids is 2. The van der Waals surface area contributed by atoms with Gasteiger partial charge in [-0.2, -0.15) is 0 Å². The van der Waals surface area contributed by atoms with Crippen LogP contribution < -0.4 is 10.6 Å². The van der Waals surface area contributed by atoms with Crippen molar-refractivity contribution in [3.05, 3.63) is 69.3 Å². The van der Waals surface area contributed by atoms with Crippen molar-refractivity contribution in [2.24, 2.45) is 0 Å². The SMILES string of the molecule is COC1(CNC(=O)C(=O)Nc2ccc(C)cc2[N+](=O)[O-])Cc2ccccc2C1. The zero-order chi connectivity index (χ0) is 20.3. The van der Waals surface area contributed by atoms with Gasteiger partial charge in [0, 0.05) is 32.6 Å². The Morgan fingerprint density at radius 2 is 1.79 bits per heavy atom. The van der Waals surface area contributed by atoms with E-state index in [1.807, 2.05) is 24.3 Å². The van der Waals surface area contributed by atoms with E-state index in [2.05, 4.69) is 10.6 Å². The van der Waals surface area contributed by atoms with E-state index in [0.717, 1.165) is 11.1 Å². The van der Waals surface area contributed by atoms with E-state index in [9.17, 15) is 19.7 Å². The van der Waals surface area contributed by atoms with Gasteiger partial charge in [0.25, 0.3) is 5.69 Å². The lowest BCUT2D eigenvalue weighted by molar-refractivity contribution is -0.384. The average molecular weight is 383 g/mol. The normalized spacial score (nSPS) is 14.2. The van der Waals surface area contributed by atoms with Crippen molar-refractivity contribution in [2.75, 3.05) is 19.0 Å². The highest BCUT2D eigenvalue weighted by atomic mass is 16.6. The lowest BCUT2D eigenvalue weighted by Gasteiger charge is -2.27. The highest BCUT2D eigenvalue weighted by Crippen LogP contribution is 2.32. The molecule has 28 heavy (non-hydrogen) atoms. The second-order valence-corrected chi connectivity index (χ2v) is 6.92. The number of nitro benzene ring substituents is 1. The maximum Gasteiger partial charge on any atom is 0.313 e. The van der Waals surface area contributed by atoms with Crippen LogP contribution in [0.5, 0.6) is 0 Å². The van der Waals surface area contributed by atoms with Crippen LogP contribution >= 0.6 is 0 Å². The highest BCUT2D eigenvalue weighted by Gasteiger charge is 2.38. The molecule has 1 aliphatic carbocycles. The Hall–Kier alpha value is -3.26. The zero-order valence-corrected chi connectivity index (χ0v) is 15.7. The molecule has 0 aliphatic heterocycles. The minimum atomic E-state index is -0.964. The summed E-state index contributed by atoms with van der Waals surface area (Å²) in [7, 11) is 1.58. The zero-order valence-electron chi connectivity index (χ0n) is 15.7. The Morgan fingerprint density at radius 3 is 2.36 bits per heavy atom. The summed E-state index contributed by atoms with van der Waals surface area (Å²) in [6.45, 7) is 1.86. The Morgan fingerprint density at radius 1 is 1.14 bits per heavy atom. The van der Waals surface area contributed by atoms with Crippen molar-refractivity contribution >= 4 is 23.2 Å². The van der Waals surface area contributed by atoms with Crippen molar-refractivity contribution in [2.45, 2.75) is 25.4 Å². The number of ether oxygens (including phenoxy) is 1. The van der Waals surface area contributed by atoms with Crippen molar-refractivity contribution in [1.82, 2.24) is 5.32 Å². The third-order valence-corrected chi connectivity index (χ3v) is 4.95. The highest BCUT2D eigenvalue weighted by molar-refractivity contribution is 6.39. The molecule has 0 bridgehead atoms. The van der Waals surface area contributed by atoms with Crippen molar-refractivity contribution in [3.8, 4) is 0 Å². The quantitative estimate of drug-likeness (QED) is 0.467. The summed E-state index contributed by atoms with van der Waals surface area (Å²) in [6, 6.07) is 12.3. The number of nitrogens with one attached hydrogen (secondary N) is 2. The molecule has 8 nitrogen and oxygen atoms in total. The first-order valence-corrected chi connectivity index (χ1v) is 8.80. The van der Waals surface area contributed by atoms with Crippen LogP contribution in [0.4, 0.5) is 11.4 Å². The number of benzene rings is 2. The molecule has 0 radical (unpaired) electrons. The van der Waals surface area contributed by atoms with Crippen LogP contribution in [0.15, 0.2) is 42.5 Å². The number of aryl methyl sites for hydroxylation is 1. The van der Waals surface area contributed by atoms with Gasteiger partial charge in [0.2, 0.25) is 0 Å². The van der Waals surface area contributed by atoms with Gasteiger partial charge in [-0.1, -0.05) is 30.3 Å². The molecule has 0 unspecified atom stereocenters. The summed E-state index contributed by atoms with van der Waals surface area (Å²) < 4.78 is 5.66. The number of hydrogen-bond donors (Lipinski definition) is 2. The van der Waals surface area contributed by atoms with Crippen LogP contribution in [0.2, 0.25) is 0 Å². The lowest BCUT2D eigenvalue weighted by atomic mass is 10.00. The summed E-state index contributed by atoms with van der Waals surface area (Å²) in [5.41, 5.74) is 2.08. The number of rotatable bonds is 5. The van der Waals surface area contributed by atoms with Crippen LogP contribution in [0.3, 0.4) is 0 Å². The van der Waals surface area contributed by atoms with E-state index in [0.29, 0.717) is 18.4 Å². The smallest absolute Gasteiger partial charge is 0.313 e. The Labute approximate surface area is 162 Å². The summed E-state index contributed by atoms with van der Waals surface area (Å²) in [5.74, 6) is -1.84. The van der Waals surface area contributed by atoms with Gasteiger partial charge in [0.1, 0.15) is 5.69 Å². The molecule has 0 spiro atoms. The second-order valence-electron chi connectivity index (χ2n) is 6.92. The molecule has 0 saturated carbocycles. The topological polar surface area (TPSA) is 111 Å². The molecule has 2 aromatic rings. The maximum absolute atomic E-state index is 12.2. The molecule has 2 aromatic carbocycles. The number of nitrogens with zero attached hydrogens (tertiary/aromatic N) is 1. The summed E-state index contributed by atoms with van der Waals surface area (Å²) in [4.78, 5) is 35.0. The fourth-order valence-corrected chi connectivity index (χ4v) is 3.40. The third-order valence-electron chi connectivity index (χ3n) is 4.95. The number of methoxy groups -OCH3 is 1. The van der Waals surface area contributed by atoms with Crippen molar-refractivity contribution in [1.29, 1.82) is 0 Å². The van der Waals surface area contributed by atoms with Crippen LogP contribution in [0.1, 0.15) is 16.7 Å². The standard InChI is InChI=1S/C20H21N3O5/c1-13-7-8-16(17(9-13)23(26)27)22-19(25)18(24)21-12-20(28-2)10-14-5-3-4-6-15(14)11-20/h3-9H,10-12H2,1-2H3,(H,21,24)(H,22,25). The summed E-state index contributed by atoms with van der Waals surface area (Å²) in [6.07, 6.45) is 1.26. The van der Waals surface area contributed by atoms with Gasteiger partial charge < -0.3 is 15.4 Å². The minimum absolute atomic E-state index is 0.0227. The van der Waals surface area contributed by atoms with E-state index in [1.54, 1.807) is 20.1 Å². The van der Waals surface area contributed by atoms with Crippen LogP contribution in [-0.4, -0.2) is 36.0 Å². The number of fused-ring (bicyclic) bond motifs is 1. The van der Waals surface area contributed by atoms with Crippen molar-refractivity contribution < 1.29 is 19.2 Å². The maximum atomic E-state index is 12.2. The Balaban J connectivity index is 1.64. The number of amides is 2.